The minimum absolute atomic E-state index is 0.247. The van der Waals surface area contributed by atoms with Gasteiger partial charge in [-0.15, -0.1) is 0 Å². The average molecular weight is 330 g/mol. The van der Waals surface area contributed by atoms with E-state index in [4.69, 9.17) is 0 Å². The fraction of sp³-hybridized carbons (Fsp3) is 0.250. The van der Waals surface area contributed by atoms with Crippen molar-refractivity contribution >= 4 is 21.1 Å². The van der Waals surface area contributed by atoms with Crippen LogP contribution in [0, 0.1) is 0 Å². The Balaban J connectivity index is 2.23. The predicted octanol–water partition coefficient (Wildman–Crippen LogP) is 2.37. The number of fused-ring (bicyclic) bond motifs is 1. The summed E-state index contributed by atoms with van der Waals surface area (Å²) in [5, 5.41) is 0. The molecule has 0 saturated heterocycles. The molecule has 0 aliphatic rings. The quantitative estimate of drug-likeness (QED) is 0.736. The van der Waals surface area contributed by atoms with E-state index in [0.29, 0.717) is 5.52 Å². The summed E-state index contributed by atoms with van der Waals surface area (Å²) < 4.78 is 27.8. The van der Waals surface area contributed by atoms with Crippen LogP contribution in [0.3, 0.4) is 0 Å². The van der Waals surface area contributed by atoms with Gasteiger partial charge in [0.25, 0.3) is 0 Å². The van der Waals surface area contributed by atoms with E-state index in [-0.39, 0.29) is 4.90 Å². The number of aromatic nitrogens is 3. The van der Waals surface area contributed by atoms with E-state index in [1.165, 1.54) is 18.4 Å². The fourth-order valence-corrected chi connectivity index (χ4v) is 3.44. The van der Waals surface area contributed by atoms with Crippen molar-refractivity contribution in [2.75, 3.05) is 14.1 Å². The van der Waals surface area contributed by atoms with Crippen LogP contribution in [-0.4, -0.2) is 41.4 Å². The van der Waals surface area contributed by atoms with Crippen molar-refractivity contribution in [1.82, 2.24) is 18.8 Å². The molecule has 2 heterocycles. The molecular weight excluding hydrogens is 312 g/mol. The summed E-state index contributed by atoms with van der Waals surface area (Å²) in [5.74, 6) is 0.810. The number of sulfonamides is 1. The molecule has 0 N–H and O–H groups in total. The molecule has 0 saturated carbocycles. The third kappa shape index (κ3) is 2.62. The van der Waals surface area contributed by atoms with Crippen molar-refractivity contribution in [1.29, 1.82) is 0 Å². The van der Waals surface area contributed by atoms with Gasteiger partial charge in [0.2, 0.25) is 10.0 Å². The Kier molecular flexibility index (Phi) is 3.91. The number of imidazole rings is 1. The predicted molar refractivity (Wildman–Crippen MR) is 89.5 cm³/mol. The van der Waals surface area contributed by atoms with E-state index in [0.717, 1.165) is 23.4 Å². The summed E-state index contributed by atoms with van der Waals surface area (Å²) in [6.07, 6.45) is 3.44. The minimum atomic E-state index is -3.47. The highest BCUT2D eigenvalue weighted by Crippen LogP contribution is 2.26. The highest BCUT2D eigenvalue weighted by Gasteiger charge is 2.19. The molecule has 120 valence electrons. The van der Waals surface area contributed by atoms with E-state index < -0.39 is 10.0 Å². The highest BCUT2D eigenvalue weighted by atomic mass is 32.2. The minimum Gasteiger partial charge on any atom is -0.324 e. The first-order valence-corrected chi connectivity index (χ1v) is 8.72. The largest absolute Gasteiger partial charge is 0.324 e. The van der Waals surface area contributed by atoms with Gasteiger partial charge in [-0.2, -0.15) is 0 Å². The summed E-state index contributed by atoms with van der Waals surface area (Å²) in [6, 6.07) is 8.85. The molecule has 0 unspecified atom stereocenters. The molecule has 3 rings (SSSR count). The van der Waals surface area contributed by atoms with E-state index in [1.807, 2.05) is 25.1 Å². The van der Waals surface area contributed by atoms with Crippen LogP contribution in [0.15, 0.2) is 47.6 Å². The Morgan fingerprint density at radius 1 is 1.13 bits per heavy atom. The van der Waals surface area contributed by atoms with Crippen LogP contribution in [0.2, 0.25) is 0 Å². The number of nitrogens with zero attached hydrogens (tertiary/aromatic N) is 4. The zero-order chi connectivity index (χ0) is 16.6. The zero-order valence-corrected chi connectivity index (χ0v) is 14.1. The van der Waals surface area contributed by atoms with Gasteiger partial charge in [-0.05, 0) is 37.3 Å². The topological polar surface area (TPSA) is 68.1 Å². The maximum Gasteiger partial charge on any atom is 0.242 e. The van der Waals surface area contributed by atoms with Gasteiger partial charge in [-0.25, -0.2) is 17.7 Å². The zero-order valence-electron chi connectivity index (χ0n) is 13.3. The summed E-state index contributed by atoms with van der Waals surface area (Å²) in [7, 11) is -0.428. The van der Waals surface area contributed by atoms with Crippen LogP contribution in [0.4, 0.5) is 0 Å². The second-order valence-electron chi connectivity index (χ2n) is 5.35. The SMILES string of the molecule is CCn1c(-c2ccncc2)nc2cc(S(=O)(=O)N(C)C)ccc21. The van der Waals surface area contributed by atoms with Crippen LogP contribution >= 0.6 is 0 Å². The lowest BCUT2D eigenvalue weighted by molar-refractivity contribution is 0.521. The molecule has 2 aromatic heterocycles. The maximum absolute atomic E-state index is 12.3. The van der Waals surface area contributed by atoms with Gasteiger partial charge in [0.15, 0.2) is 0 Å². The summed E-state index contributed by atoms with van der Waals surface area (Å²) in [4.78, 5) is 8.91. The van der Waals surface area contributed by atoms with Crippen molar-refractivity contribution in [3.63, 3.8) is 0 Å². The Bertz CT molecular complexity index is 947. The maximum atomic E-state index is 12.3. The molecule has 0 spiro atoms. The lowest BCUT2D eigenvalue weighted by atomic mass is 10.2. The molecule has 0 amide bonds. The van der Waals surface area contributed by atoms with Crippen LogP contribution in [0.25, 0.3) is 22.4 Å². The molecule has 0 fully saturated rings. The molecule has 3 aromatic rings. The van der Waals surface area contributed by atoms with Crippen molar-refractivity contribution in [3.8, 4) is 11.4 Å². The number of rotatable bonds is 4. The number of pyridine rings is 1. The molecule has 1 aromatic carbocycles. The van der Waals surface area contributed by atoms with Crippen molar-refractivity contribution in [3.05, 3.63) is 42.7 Å². The van der Waals surface area contributed by atoms with Crippen molar-refractivity contribution in [2.45, 2.75) is 18.4 Å². The lowest BCUT2D eigenvalue weighted by Gasteiger charge is -2.11. The van der Waals surface area contributed by atoms with Gasteiger partial charge in [0, 0.05) is 38.6 Å². The van der Waals surface area contributed by atoms with Crippen LogP contribution in [0.1, 0.15) is 6.92 Å². The summed E-state index contributed by atoms with van der Waals surface area (Å²) in [6.45, 7) is 2.78. The van der Waals surface area contributed by atoms with E-state index >= 15 is 0 Å². The van der Waals surface area contributed by atoms with Crippen molar-refractivity contribution in [2.24, 2.45) is 0 Å². The van der Waals surface area contributed by atoms with Crippen molar-refractivity contribution < 1.29 is 8.42 Å². The lowest BCUT2D eigenvalue weighted by Crippen LogP contribution is -2.22. The Morgan fingerprint density at radius 2 is 1.83 bits per heavy atom. The van der Waals surface area contributed by atoms with Crippen LogP contribution in [-0.2, 0) is 16.6 Å². The van der Waals surface area contributed by atoms with Gasteiger partial charge >= 0.3 is 0 Å². The smallest absolute Gasteiger partial charge is 0.242 e. The summed E-state index contributed by atoms with van der Waals surface area (Å²) in [5.41, 5.74) is 2.54. The number of aryl methyl sites for hydroxylation is 1. The Hall–Kier alpha value is -2.25. The summed E-state index contributed by atoms with van der Waals surface area (Å²) >= 11 is 0. The second-order valence-corrected chi connectivity index (χ2v) is 7.51. The first-order valence-electron chi connectivity index (χ1n) is 7.28. The first kappa shape index (κ1) is 15.6. The standard InChI is InChI=1S/C16H18N4O2S/c1-4-20-15-6-5-13(23(21,22)19(2)3)11-14(15)18-16(20)12-7-9-17-10-8-12/h5-11H,4H2,1-3H3. The Labute approximate surface area is 135 Å². The molecule has 0 aliphatic heterocycles. The highest BCUT2D eigenvalue weighted by molar-refractivity contribution is 7.89. The first-order chi connectivity index (χ1) is 10.9. The molecule has 6 nitrogen and oxygen atoms in total. The Morgan fingerprint density at radius 3 is 2.43 bits per heavy atom. The molecule has 7 heteroatoms. The van der Waals surface area contributed by atoms with Crippen LogP contribution in [0.5, 0.6) is 0 Å². The van der Waals surface area contributed by atoms with E-state index in [1.54, 1.807) is 24.5 Å². The third-order valence-corrected chi connectivity index (χ3v) is 5.56. The van der Waals surface area contributed by atoms with Gasteiger partial charge in [0.1, 0.15) is 5.82 Å². The van der Waals surface area contributed by atoms with Gasteiger partial charge in [0.05, 0.1) is 15.9 Å². The van der Waals surface area contributed by atoms with Gasteiger partial charge in [-0.1, -0.05) is 0 Å². The molecule has 0 aliphatic carbocycles. The third-order valence-electron chi connectivity index (χ3n) is 3.75. The van der Waals surface area contributed by atoms with Gasteiger partial charge < -0.3 is 4.57 Å². The number of benzene rings is 1. The second kappa shape index (κ2) is 5.75. The van der Waals surface area contributed by atoms with Crippen LogP contribution < -0.4 is 0 Å². The average Bonchev–Trinajstić information content (AvgIpc) is 2.93. The van der Waals surface area contributed by atoms with E-state index in [9.17, 15) is 8.42 Å². The molecular formula is C16H18N4O2S. The molecule has 0 radical (unpaired) electrons. The molecule has 0 atom stereocenters. The monoisotopic (exact) mass is 330 g/mol. The number of hydrogen-bond donors (Lipinski definition) is 0. The normalized spacial score (nSPS) is 12.2. The van der Waals surface area contributed by atoms with Gasteiger partial charge in [-0.3, -0.25) is 4.98 Å². The molecule has 23 heavy (non-hydrogen) atoms. The fourth-order valence-electron chi connectivity index (χ4n) is 2.52. The molecule has 0 bridgehead atoms. The number of hydrogen-bond acceptors (Lipinski definition) is 4. The van der Waals surface area contributed by atoms with E-state index in [2.05, 4.69) is 14.5 Å².